The zero-order chi connectivity index (χ0) is 11.0. The lowest BCUT2D eigenvalue weighted by Crippen LogP contribution is -2.02. The number of hydrogen-bond donors (Lipinski definition) is 0. The molecule has 0 saturated heterocycles. The molecule has 1 heterocycles. The largest absolute Gasteiger partial charge is 0.485 e. The number of benzene rings is 2. The highest BCUT2D eigenvalue weighted by Crippen LogP contribution is 2.34. The van der Waals surface area contributed by atoms with Crippen LogP contribution in [0.3, 0.4) is 0 Å². The molecule has 2 aromatic carbocycles. The molecule has 80 valence electrons. The van der Waals surface area contributed by atoms with E-state index in [9.17, 15) is 0 Å². The minimum Gasteiger partial charge on any atom is -0.485 e. The number of ether oxygens (including phenoxy) is 2. The maximum Gasteiger partial charge on any atom is 0.162 e. The predicted octanol–water partition coefficient (Wildman–Crippen LogP) is 3.17. The van der Waals surface area contributed by atoms with E-state index in [1.54, 1.807) is 0 Å². The summed E-state index contributed by atoms with van der Waals surface area (Å²) in [6.07, 6.45) is 0. The lowest BCUT2D eigenvalue weighted by molar-refractivity contribution is 0.356. The van der Waals surface area contributed by atoms with Crippen LogP contribution in [0.4, 0.5) is 0 Å². The first-order valence-electron chi connectivity index (χ1n) is 5.28. The Morgan fingerprint density at radius 1 is 0.875 bits per heavy atom. The van der Waals surface area contributed by atoms with E-state index in [0.717, 1.165) is 27.8 Å². The maximum absolute atomic E-state index is 5.64. The number of hydrogen-bond acceptors (Lipinski definition) is 2. The Labute approximate surface area is 94.1 Å². The molecule has 2 nitrogen and oxygen atoms in total. The van der Waals surface area contributed by atoms with Crippen molar-refractivity contribution in [1.29, 1.82) is 0 Å². The van der Waals surface area contributed by atoms with Crippen molar-refractivity contribution >= 4 is 10.8 Å². The van der Waals surface area contributed by atoms with Crippen LogP contribution in [-0.2, 0) is 0 Å². The van der Waals surface area contributed by atoms with Crippen LogP contribution < -0.4 is 9.47 Å². The van der Waals surface area contributed by atoms with Crippen LogP contribution in [0.25, 0.3) is 10.8 Å². The molecule has 0 bridgehead atoms. The molecular weight excluding hydrogens is 200 g/mol. The summed E-state index contributed by atoms with van der Waals surface area (Å²) >= 11 is 0. The molecule has 0 saturated carbocycles. The highest BCUT2D eigenvalue weighted by atomic mass is 16.5. The maximum atomic E-state index is 5.64. The third-order valence-corrected chi connectivity index (χ3v) is 2.68. The van der Waals surface area contributed by atoms with Gasteiger partial charge in [-0.25, -0.2) is 0 Å². The van der Waals surface area contributed by atoms with E-state index < -0.39 is 0 Å². The molecule has 2 heteroatoms. The summed E-state index contributed by atoms with van der Waals surface area (Å²) in [5.74, 6) is 1.61. The van der Waals surface area contributed by atoms with Crippen molar-refractivity contribution < 1.29 is 9.47 Å². The van der Waals surface area contributed by atoms with Crippen LogP contribution in [0.2, 0.25) is 0 Å². The Bertz CT molecular complexity index is 509. The van der Waals surface area contributed by atoms with Crippen molar-refractivity contribution in [1.82, 2.24) is 0 Å². The van der Waals surface area contributed by atoms with Crippen LogP contribution in [-0.4, -0.2) is 13.2 Å². The first-order valence-corrected chi connectivity index (χ1v) is 5.28. The van der Waals surface area contributed by atoms with Crippen molar-refractivity contribution in [3.63, 3.8) is 0 Å². The average Bonchev–Trinajstić information content (AvgIpc) is 2.49. The van der Waals surface area contributed by atoms with Gasteiger partial charge in [-0.1, -0.05) is 30.8 Å². The van der Waals surface area contributed by atoms with Crippen LogP contribution in [0, 0.1) is 0 Å². The minimum atomic E-state index is 0.533. The van der Waals surface area contributed by atoms with Gasteiger partial charge in [-0.05, 0) is 28.5 Å². The molecule has 0 fully saturated rings. The van der Waals surface area contributed by atoms with Crippen LogP contribution in [0.5, 0.6) is 11.5 Å². The summed E-state index contributed by atoms with van der Waals surface area (Å²) in [5, 5.41) is 2.33. The van der Waals surface area contributed by atoms with Crippen molar-refractivity contribution in [2.24, 2.45) is 0 Å². The minimum absolute atomic E-state index is 0.533. The van der Waals surface area contributed by atoms with E-state index in [4.69, 9.17) is 9.47 Å². The molecule has 1 aliphatic heterocycles. The third-order valence-electron chi connectivity index (χ3n) is 2.68. The zero-order valence-electron chi connectivity index (χ0n) is 8.90. The van der Waals surface area contributed by atoms with Gasteiger partial charge in [-0.2, -0.15) is 0 Å². The smallest absolute Gasteiger partial charge is 0.162 e. The summed E-state index contributed by atoms with van der Waals surface area (Å²) in [7, 11) is 0. The Morgan fingerprint density at radius 3 is 1.88 bits per heavy atom. The van der Waals surface area contributed by atoms with E-state index in [2.05, 4.69) is 18.7 Å². The van der Waals surface area contributed by atoms with E-state index in [1.807, 2.05) is 24.3 Å². The Kier molecular flexibility index (Phi) is 2.07. The second-order valence-corrected chi connectivity index (χ2v) is 3.97. The molecule has 16 heavy (non-hydrogen) atoms. The third kappa shape index (κ3) is 1.52. The number of fused-ring (bicyclic) bond motifs is 2. The van der Waals surface area contributed by atoms with Gasteiger partial charge in [0.1, 0.15) is 13.2 Å². The van der Waals surface area contributed by atoms with E-state index in [-0.39, 0.29) is 0 Å². The zero-order valence-corrected chi connectivity index (χ0v) is 8.90. The Balaban J connectivity index is 2.16. The molecule has 0 aliphatic carbocycles. The molecule has 0 radical (unpaired) electrons. The quantitative estimate of drug-likeness (QED) is 0.624. The molecule has 0 unspecified atom stereocenters. The van der Waals surface area contributed by atoms with Crippen LogP contribution >= 0.6 is 0 Å². The average molecular weight is 212 g/mol. The molecular formula is C14H12O2. The second-order valence-electron chi connectivity index (χ2n) is 3.97. The lowest BCUT2D eigenvalue weighted by atomic mass is 10.1. The molecule has 0 amide bonds. The van der Waals surface area contributed by atoms with Crippen molar-refractivity contribution in [3.05, 3.63) is 48.6 Å². The van der Waals surface area contributed by atoms with E-state index >= 15 is 0 Å². The van der Waals surface area contributed by atoms with Gasteiger partial charge in [0.15, 0.2) is 11.5 Å². The van der Waals surface area contributed by atoms with Gasteiger partial charge in [0, 0.05) is 0 Å². The summed E-state index contributed by atoms with van der Waals surface area (Å²) in [5.41, 5.74) is 0.959. The fourth-order valence-corrected chi connectivity index (χ4v) is 1.83. The number of rotatable bonds is 0. The van der Waals surface area contributed by atoms with Crippen LogP contribution in [0.15, 0.2) is 48.6 Å². The van der Waals surface area contributed by atoms with Crippen LogP contribution in [0.1, 0.15) is 0 Å². The van der Waals surface area contributed by atoms with Gasteiger partial charge in [0.05, 0.1) is 0 Å². The predicted molar refractivity (Wildman–Crippen MR) is 64.1 cm³/mol. The van der Waals surface area contributed by atoms with Gasteiger partial charge < -0.3 is 9.47 Å². The Hall–Kier alpha value is -1.96. The Morgan fingerprint density at radius 2 is 1.38 bits per heavy atom. The molecule has 0 spiro atoms. The standard InChI is InChI=1S/C14H12O2/c1-10-8-15-13-6-11-4-2-3-5-12(11)7-14(13)16-9-10/h2-7H,1,8-9H2. The van der Waals surface area contributed by atoms with E-state index in [0.29, 0.717) is 13.2 Å². The highest BCUT2D eigenvalue weighted by Gasteiger charge is 2.12. The van der Waals surface area contributed by atoms with Gasteiger partial charge >= 0.3 is 0 Å². The van der Waals surface area contributed by atoms with Gasteiger partial charge in [-0.15, -0.1) is 0 Å². The molecule has 3 rings (SSSR count). The topological polar surface area (TPSA) is 18.5 Å². The molecule has 0 N–H and O–H groups in total. The van der Waals surface area contributed by atoms with Gasteiger partial charge in [-0.3, -0.25) is 0 Å². The lowest BCUT2D eigenvalue weighted by Gasteiger charge is -2.08. The first kappa shape index (κ1) is 9.28. The fourth-order valence-electron chi connectivity index (χ4n) is 1.83. The van der Waals surface area contributed by atoms with Crippen molar-refractivity contribution in [3.8, 4) is 11.5 Å². The second kappa shape index (κ2) is 3.56. The normalized spacial score (nSPS) is 14.9. The van der Waals surface area contributed by atoms with Gasteiger partial charge in [0.25, 0.3) is 0 Å². The summed E-state index contributed by atoms with van der Waals surface area (Å²) in [6.45, 7) is 4.94. The molecule has 0 atom stereocenters. The van der Waals surface area contributed by atoms with E-state index in [1.165, 1.54) is 0 Å². The molecule has 2 aromatic rings. The monoisotopic (exact) mass is 212 g/mol. The highest BCUT2D eigenvalue weighted by molar-refractivity contribution is 5.86. The summed E-state index contributed by atoms with van der Waals surface area (Å²) < 4.78 is 11.3. The first-order chi connectivity index (χ1) is 7.83. The van der Waals surface area contributed by atoms with Gasteiger partial charge in [0.2, 0.25) is 0 Å². The van der Waals surface area contributed by atoms with Crippen molar-refractivity contribution in [2.45, 2.75) is 0 Å². The van der Waals surface area contributed by atoms with Crippen molar-refractivity contribution in [2.75, 3.05) is 13.2 Å². The molecule has 0 aromatic heterocycles. The summed E-state index contributed by atoms with van der Waals surface area (Å²) in [6, 6.07) is 12.2. The fraction of sp³-hybridized carbons (Fsp3) is 0.143. The summed E-state index contributed by atoms with van der Waals surface area (Å²) in [4.78, 5) is 0. The molecule has 1 aliphatic rings. The SMILES string of the molecule is C=C1COc2cc3ccccc3cc2OC1.